The van der Waals surface area contributed by atoms with E-state index in [4.69, 9.17) is 10.7 Å². The van der Waals surface area contributed by atoms with E-state index in [2.05, 4.69) is 61.7 Å². The molecule has 0 atom stereocenters. The fourth-order valence-electron chi connectivity index (χ4n) is 2.61. The predicted octanol–water partition coefficient (Wildman–Crippen LogP) is 4.13. The number of rotatable bonds is 2. The lowest BCUT2D eigenvalue weighted by molar-refractivity contribution is 0.590. The first-order valence-electron chi connectivity index (χ1n) is 7.18. The number of benzene rings is 1. The lowest BCUT2D eigenvalue weighted by Gasteiger charge is -2.19. The third-order valence-corrected chi connectivity index (χ3v) is 4.79. The zero-order valence-electron chi connectivity index (χ0n) is 13.0. The van der Waals surface area contributed by atoms with Crippen molar-refractivity contribution < 1.29 is 0 Å². The first-order valence-corrected chi connectivity index (χ1v) is 8.06. The second kappa shape index (κ2) is 4.97. The van der Waals surface area contributed by atoms with Crippen molar-refractivity contribution in [3.8, 4) is 11.3 Å². The van der Waals surface area contributed by atoms with Crippen LogP contribution in [0.4, 0.5) is 0 Å². The number of hydrogen-bond donors (Lipinski definition) is 1. The molecule has 0 amide bonds. The molecule has 0 radical (unpaired) electrons. The summed E-state index contributed by atoms with van der Waals surface area (Å²) >= 11 is 1.66. The topological polar surface area (TPSA) is 43.3 Å². The summed E-state index contributed by atoms with van der Waals surface area (Å²) in [6.07, 6.45) is 0. The van der Waals surface area contributed by atoms with Crippen molar-refractivity contribution in [3.05, 3.63) is 46.6 Å². The van der Waals surface area contributed by atoms with Gasteiger partial charge in [-0.25, -0.2) is 4.98 Å². The largest absolute Gasteiger partial charge is 0.325 e. The average molecular weight is 299 g/mol. The van der Waals surface area contributed by atoms with Crippen molar-refractivity contribution in [2.24, 2.45) is 5.73 Å². The minimum Gasteiger partial charge on any atom is -0.325 e. The Balaban J connectivity index is 2.12. The van der Waals surface area contributed by atoms with Gasteiger partial charge in [-0.2, -0.15) is 0 Å². The molecule has 0 unspecified atom stereocenters. The van der Waals surface area contributed by atoms with E-state index in [0.29, 0.717) is 6.54 Å². The van der Waals surface area contributed by atoms with E-state index < -0.39 is 0 Å². The summed E-state index contributed by atoms with van der Waals surface area (Å²) in [6.45, 7) is 9.27. The van der Waals surface area contributed by atoms with Crippen molar-refractivity contribution in [2.75, 3.05) is 0 Å². The van der Waals surface area contributed by atoms with Gasteiger partial charge in [0, 0.05) is 23.2 Å². The molecular formula is C17H21N3S. The third kappa shape index (κ3) is 2.39. The summed E-state index contributed by atoms with van der Waals surface area (Å²) in [5.74, 6) is 0. The summed E-state index contributed by atoms with van der Waals surface area (Å²) < 4.78 is 2.16. The first-order chi connectivity index (χ1) is 9.91. The Labute approximate surface area is 129 Å². The number of hydrogen-bond acceptors (Lipinski definition) is 3. The Hall–Kier alpha value is -1.65. The van der Waals surface area contributed by atoms with E-state index in [1.165, 1.54) is 11.3 Å². The van der Waals surface area contributed by atoms with Gasteiger partial charge < -0.3 is 5.73 Å². The Morgan fingerprint density at radius 2 is 1.86 bits per heavy atom. The molecule has 3 nitrogen and oxygen atoms in total. The quantitative estimate of drug-likeness (QED) is 0.773. The molecule has 2 aromatic heterocycles. The molecule has 0 fully saturated rings. The molecule has 21 heavy (non-hydrogen) atoms. The van der Waals surface area contributed by atoms with Crippen LogP contribution in [0.1, 0.15) is 37.7 Å². The van der Waals surface area contributed by atoms with E-state index in [1.54, 1.807) is 11.3 Å². The number of thiazole rings is 1. The molecule has 0 aliphatic rings. The van der Waals surface area contributed by atoms with Gasteiger partial charge in [0.25, 0.3) is 0 Å². The monoisotopic (exact) mass is 299 g/mol. The molecule has 0 saturated heterocycles. The fourth-order valence-corrected chi connectivity index (χ4v) is 3.50. The van der Waals surface area contributed by atoms with Gasteiger partial charge in [0.15, 0.2) is 4.96 Å². The summed E-state index contributed by atoms with van der Waals surface area (Å²) in [4.78, 5) is 5.78. The van der Waals surface area contributed by atoms with Crippen molar-refractivity contribution >= 4 is 16.3 Å². The SMILES string of the molecule is Cc1csc2nc(-c3ccc(C(C)(C)C)cc3)c(CN)n12. The molecule has 4 heteroatoms. The zero-order valence-corrected chi connectivity index (χ0v) is 13.8. The van der Waals surface area contributed by atoms with Gasteiger partial charge in [-0.3, -0.25) is 4.40 Å². The Kier molecular flexibility index (Phi) is 3.38. The van der Waals surface area contributed by atoms with E-state index >= 15 is 0 Å². The van der Waals surface area contributed by atoms with E-state index in [0.717, 1.165) is 21.9 Å². The smallest absolute Gasteiger partial charge is 0.194 e. The summed E-state index contributed by atoms with van der Waals surface area (Å²) in [5, 5.41) is 2.12. The summed E-state index contributed by atoms with van der Waals surface area (Å²) in [6, 6.07) is 8.69. The van der Waals surface area contributed by atoms with Crippen molar-refractivity contribution in [3.63, 3.8) is 0 Å². The van der Waals surface area contributed by atoms with E-state index in [-0.39, 0.29) is 5.41 Å². The highest BCUT2D eigenvalue weighted by atomic mass is 32.1. The van der Waals surface area contributed by atoms with Crippen LogP contribution in [0.15, 0.2) is 29.6 Å². The molecule has 2 heterocycles. The highest BCUT2D eigenvalue weighted by Gasteiger charge is 2.17. The minimum absolute atomic E-state index is 0.167. The molecular weight excluding hydrogens is 278 g/mol. The molecule has 0 bridgehead atoms. The van der Waals surface area contributed by atoms with Crippen LogP contribution in [0.5, 0.6) is 0 Å². The molecule has 110 valence electrons. The zero-order chi connectivity index (χ0) is 15.2. The van der Waals surface area contributed by atoms with Crippen LogP contribution in [0, 0.1) is 6.92 Å². The van der Waals surface area contributed by atoms with Gasteiger partial charge in [-0.05, 0) is 17.9 Å². The number of imidazole rings is 1. The minimum atomic E-state index is 0.167. The molecule has 0 spiro atoms. The fraction of sp³-hybridized carbons (Fsp3) is 0.353. The van der Waals surface area contributed by atoms with Crippen molar-refractivity contribution in [1.82, 2.24) is 9.38 Å². The van der Waals surface area contributed by atoms with Crippen molar-refractivity contribution in [2.45, 2.75) is 39.7 Å². The lowest BCUT2D eigenvalue weighted by atomic mass is 9.86. The normalized spacial score (nSPS) is 12.2. The Morgan fingerprint density at radius 1 is 1.19 bits per heavy atom. The van der Waals surface area contributed by atoms with Gasteiger partial charge in [0.05, 0.1) is 11.4 Å². The Bertz CT molecular complexity index is 773. The van der Waals surface area contributed by atoms with Crippen LogP contribution in [0.25, 0.3) is 16.2 Å². The van der Waals surface area contributed by atoms with Crippen LogP contribution in [0.2, 0.25) is 0 Å². The predicted molar refractivity (Wildman–Crippen MR) is 89.8 cm³/mol. The van der Waals surface area contributed by atoms with Crippen LogP contribution in [-0.2, 0) is 12.0 Å². The molecule has 0 aliphatic carbocycles. The standard InChI is InChI=1S/C17H21N3S/c1-11-10-21-16-19-15(14(9-18)20(11)16)12-5-7-13(8-6-12)17(2,3)4/h5-8,10H,9,18H2,1-4H3. The highest BCUT2D eigenvalue weighted by molar-refractivity contribution is 7.15. The third-order valence-electron chi connectivity index (χ3n) is 3.85. The van der Waals surface area contributed by atoms with Crippen molar-refractivity contribution in [1.29, 1.82) is 0 Å². The number of aryl methyl sites for hydroxylation is 1. The van der Waals surface area contributed by atoms with E-state index in [9.17, 15) is 0 Å². The number of fused-ring (bicyclic) bond motifs is 1. The second-order valence-electron chi connectivity index (χ2n) is 6.43. The molecule has 1 aromatic carbocycles. The maximum absolute atomic E-state index is 5.97. The van der Waals surface area contributed by atoms with Gasteiger partial charge in [0.1, 0.15) is 0 Å². The van der Waals surface area contributed by atoms with Crippen LogP contribution in [0.3, 0.4) is 0 Å². The highest BCUT2D eigenvalue weighted by Crippen LogP contribution is 2.30. The summed E-state index contributed by atoms with van der Waals surface area (Å²) in [5.41, 5.74) is 11.9. The second-order valence-corrected chi connectivity index (χ2v) is 7.27. The molecule has 0 aliphatic heterocycles. The number of nitrogens with zero attached hydrogens (tertiary/aromatic N) is 2. The summed E-state index contributed by atoms with van der Waals surface area (Å²) in [7, 11) is 0. The number of aromatic nitrogens is 2. The van der Waals surface area contributed by atoms with Gasteiger partial charge >= 0.3 is 0 Å². The van der Waals surface area contributed by atoms with Crippen LogP contribution in [-0.4, -0.2) is 9.38 Å². The maximum Gasteiger partial charge on any atom is 0.194 e. The maximum atomic E-state index is 5.97. The van der Waals surface area contributed by atoms with Gasteiger partial charge in [-0.1, -0.05) is 45.0 Å². The number of nitrogens with two attached hydrogens (primary N) is 1. The average Bonchev–Trinajstić information content (AvgIpc) is 2.98. The Morgan fingerprint density at radius 3 is 2.43 bits per heavy atom. The van der Waals surface area contributed by atoms with Gasteiger partial charge in [-0.15, -0.1) is 11.3 Å². The lowest BCUT2D eigenvalue weighted by Crippen LogP contribution is -2.10. The van der Waals surface area contributed by atoms with Crippen LogP contribution >= 0.6 is 11.3 Å². The van der Waals surface area contributed by atoms with E-state index in [1.807, 2.05) is 0 Å². The molecule has 0 saturated carbocycles. The molecule has 3 aromatic rings. The van der Waals surface area contributed by atoms with Crippen LogP contribution < -0.4 is 5.73 Å². The molecule has 3 rings (SSSR count). The first kappa shape index (κ1) is 14.3. The van der Waals surface area contributed by atoms with Gasteiger partial charge in [0.2, 0.25) is 0 Å². The molecule has 2 N–H and O–H groups in total.